The monoisotopic (exact) mass is 332 g/mol. The van der Waals surface area contributed by atoms with Gasteiger partial charge in [-0.25, -0.2) is 0 Å². The van der Waals surface area contributed by atoms with Crippen LogP contribution in [0.2, 0.25) is 0 Å². The maximum Gasteiger partial charge on any atom is 0.228 e. The lowest BCUT2D eigenvalue weighted by molar-refractivity contribution is -0.142. The van der Waals surface area contributed by atoms with Crippen LogP contribution in [0.15, 0.2) is 24.3 Å². The van der Waals surface area contributed by atoms with E-state index in [9.17, 15) is 9.59 Å². The Bertz CT molecular complexity index is 602. The number of morpholine rings is 1. The number of amides is 2. The third kappa shape index (κ3) is 3.70. The molecule has 0 saturated carbocycles. The van der Waals surface area contributed by atoms with Crippen molar-refractivity contribution in [3.8, 4) is 5.75 Å². The van der Waals surface area contributed by atoms with Gasteiger partial charge in [0, 0.05) is 32.6 Å². The maximum absolute atomic E-state index is 12.6. The van der Waals surface area contributed by atoms with Gasteiger partial charge in [0.2, 0.25) is 11.8 Å². The van der Waals surface area contributed by atoms with Crippen molar-refractivity contribution in [1.82, 2.24) is 9.80 Å². The first-order valence-corrected chi connectivity index (χ1v) is 8.38. The van der Waals surface area contributed by atoms with Crippen LogP contribution in [0.25, 0.3) is 0 Å². The van der Waals surface area contributed by atoms with Gasteiger partial charge in [0.1, 0.15) is 5.75 Å². The van der Waals surface area contributed by atoms with E-state index in [2.05, 4.69) is 0 Å². The summed E-state index contributed by atoms with van der Waals surface area (Å²) in [7, 11) is 1.63. The lowest BCUT2D eigenvalue weighted by atomic mass is 10.1. The Morgan fingerprint density at radius 3 is 2.71 bits per heavy atom. The number of hydrogen-bond donors (Lipinski definition) is 0. The van der Waals surface area contributed by atoms with Crippen LogP contribution in [-0.2, 0) is 20.9 Å². The van der Waals surface area contributed by atoms with Crippen molar-refractivity contribution >= 4 is 11.8 Å². The van der Waals surface area contributed by atoms with Gasteiger partial charge in [-0.15, -0.1) is 0 Å². The second-order valence-electron chi connectivity index (χ2n) is 6.49. The zero-order chi connectivity index (χ0) is 17.1. The molecular weight excluding hydrogens is 308 g/mol. The summed E-state index contributed by atoms with van der Waals surface area (Å²) >= 11 is 0. The van der Waals surface area contributed by atoms with E-state index in [1.54, 1.807) is 12.0 Å². The first-order valence-electron chi connectivity index (χ1n) is 8.38. The highest BCUT2D eigenvalue weighted by Crippen LogP contribution is 2.23. The third-order valence-corrected chi connectivity index (χ3v) is 4.65. The predicted molar refractivity (Wildman–Crippen MR) is 88.5 cm³/mol. The van der Waals surface area contributed by atoms with Crippen molar-refractivity contribution < 1.29 is 19.1 Å². The minimum Gasteiger partial charge on any atom is -0.497 e. The topological polar surface area (TPSA) is 59.1 Å². The van der Waals surface area contributed by atoms with E-state index >= 15 is 0 Å². The number of ether oxygens (including phenoxy) is 2. The van der Waals surface area contributed by atoms with Crippen LogP contribution in [0.1, 0.15) is 18.9 Å². The average Bonchev–Trinajstić information content (AvgIpc) is 2.95. The van der Waals surface area contributed by atoms with Gasteiger partial charge in [-0.2, -0.15) is 0 Å². The average molecular weight is 332 g/mol. The van der Waals surface area contributed by atoms with E-state index in [-0.39, 0.29) is 23.8 Å². The van der Waals surface area contributed by atoms with E-state index in [4.69, 9.17) is 9.47 Å². The zero-order valence-corrected chi connectivity index (χ0v) is 14.2. The Kier molecular flexibility index (Phi) is 5.04. The fourth-order valence-corrected chi connectivity index (χ4v) is 3.32. The highest BCUT2D eigenvalue weighted by atomic mass is 16.5. The summed E-state index contributed by atoms with van der Waals surface area (Å²) in [5.41, 5.74) is 1.04. The van der Waals surface area contributed by atoms with Gasteiger partial charge in [-0.3, -0.25) is 9.59 Å². The molecule has 24 heavy (non-hydrogen) atoms. The van der Waals surface area contributed by atoms with Crippen molar-refractivity contribution in [2.75, 3.05) is 33.4 Å². The molecule has 2 aliphatic heterocycles. The summed E-state index contributed by atoms with van der Waals surface area (Å²) in [5, 5.41) is 0. The molecule has 0 unspecified atom stereocenters. The van der Waals surface area contributed by atoms with Crippen LogP contribution in [0.3, 0.4) is 0 Å². The second kappa shape index (κ2) is 7.21. The molecule has 0 bridgehead atoms. The number of likely N-dealkylation sites (tertiary alicyclic amines) is 1. The second-order valence-corrected chi connectivity index (χ2v) is 6.49. The van der Waals surface area contributed by atoms with Crippen molar-refractivity contribution in [3.63, 3.8) is 0 Å². The highest BCUT2D eigenvalue weighted by Gasteiger charge is 2.37. The van der Waals surface area contributed by atoms with Gasteiger partial charge in [0.15, 0.2) is 0 Å². The van der Waals surface area contributed by atoms with Gasteiger partial charge in [-0.05, 0) is 24.6 Å². The van der Waals surface area contributed by atoms with Crippen LogP contribution >= 0.6 is 0 Å². The van der Waals surface area contributed by atoms with Gasteiger partial charge in [-0.1, -0.05) is 12.1 Å². The number of hydrogen-bond acceptors (Lipinski definition) is 4. The molecule has 6 heteroatoms. The van der Waals surface area contributed by atoms with Crippen LogP contribution in [0.5, 0.6) is 5.75 Å². The summed E-state index contributed by atoms with van der Waals surface area (Å²) in [6.45, 7) is 4.80. The molecule has 0 N–H and O–H groups in total. The Balaban J connectivity index is 1.59. The summed E-state index contributed by atoms with van der Waals surface area (Å²) in [6, 6.07) is 7.66. The molecule has 2 aliphatic rings. The largest absolute Gasteiger partial charge is 0.497 e. The number of methoxy groups -OCH3 is 1. The molecule has 0 aromatic heterocycles. The highest BCUT2D eigenvalue weighted by molar-refractivity contribution is 5.89. The predicted octanol–water partition coefficient (Wildman–Crippen LogP) is 1.29. The molecule has 2 fully saturated rings. The Morgan fingerprint density at radius 2 is 2.04 bits per heavy atom. The zero-order valence-electron chi connectivity index (χ0n) is 14.2. The number of carbonyl (C=O) groups excluding carboxylic acids is 2. The van der Waals surface area contributed by atoms with Gasteiger partial charge < -0.3 is 19.3 Å². The summed E-state index contributed by atoms with van der Waals surface area (Å²) < 4.78 is 10.6. The number of benzene rings is 1. The van der Waals surface area contributed by atoms with Crippen LogP contribution < -0.4 is 4.74 Å². The number of carbonyl (C=O) groups is 2. The minimum absolute atomic E-state index is 0.0467. The van der Waals surface area contributed by atoms with E-state index in [1.165, 1.54) is 0 Å². The summed E-state index contributed by atoms with van der Waals surface area (Å²) in [5.74, 6) is 0.684. The maximum atomic E-state index is 12.6. The summed E-state index contributed by atoms with van der Waals surface area (Å²) in [6.07, 6.45) is 0.371. The normalized spacial score (nSPS) is 24.3. The molecule has 130 valence electrons. The molecule has 2 atom stereocenters. The van der Waals surface area contributed by atoms with Crippen molar-refractivity contribution in [2.45, 2.75) is 26.0 Å². The van der Waals surface area contributed by atoms with Crippen LogP contribution in [0, 0.1) is 5.92 Å². The fourth-order valence-electron chi connectivity index (χ4n) is 3.32. The molecular formula is C18H24N2O4. The van der Waals surface area contributed by atoms with Crippen LogP contribution in [-0.4, -0.2) is 61.1 Å². The van der Waals surface area contributed by atoms with Gasteiger partial charge in [0.25, 0.3) is 0 Å². The van der Waals surface area contributed by atoms with Crippen molar-refractivity contribution in [2.24, 2.45) is 5.92 Å². The molecule has 0 spiro atoms. The SMILES string of the molecule is COc1ccc(CN2C[C@H](C(=O)N3CCO[C@H](C)C3)CC2=O)cc1. The van der Waals surface area contributed by atoms with Gasteiger partial charge in [0.05, 0.1) is 25.7 Å². The standard InChI is InChI=1S/C18H24N2O4/c1-13-10-19(7-8-24-13)18(22)15-9-17(21)20(12-15)11-14-3-5-16(23-2)6-4-14/h3-6,13,15H,7-12H2,1-2H3/t13-,15-/m1/s1. The van der Waals surface area contributed by atoms with Crippen molar-refractivity contribution in [3.05, 3.63) is 29.8 Å². The Labute approximate surface area is 142 Å². The molecule has 0 aliphatic carbocycles. The lowest BCUT2D eigenvalue weighted by Crippen LogP contribution is -2.47. The van der Waals surface area contributed by atoms with E-state index in [1.807, 2.05) is 36.1 Å². The minimum atomic E-state index is -0.235. The van der Waals surface area contributed by atoms with E-state index in [0.717, 1.165) is 11.3 Å². The lowest BCUT2D eigenvalue weighted by Gasteiger charge is -2.32. The molecule has 2 heterocycles. The van der Waals surface area contributed by atoms with Crippen LogP contribution in [0.4, 0.5) is 0 Å². The molecule has 1 aromatic rings. The van der Waals surface area contributed by atoms with Gasteiger partial charge >= 0.3 is 0 Å². The first-order chi connectivity index (χ1) is 11.6. The fraction of sp³-hybridized carbons (Fsp3) is 0.556. The molecule has 2 saturated heterocycles. The molecule has 2 amide bonds. The van der Waals surface area contributed by atoms with Crippen molar-refractivity contribution in [1.29, 1.82) is 0 Å². The smallest absolute Gasteiger partial charge is 0.228 e. The number of nitrogens with zero attached hydrogens (tertiary/aromatic N) is 2. The quantitative estimate of drug-likeness (QED) is 0.834. The Morgan fingerprint density at radius 1 is 1.29 bits per heavy atom. The molecule has 1 aromatic carbocycles. The first kappa shape index (κ1) is 16.8. The molecule has 6 nitrogen and oxygen atoms in total. The van der Waals surface area contributed by atoms with E-state index in [0.29, 0.717) is 39.2 Å². The summed E-state index contributed by atoms with van der Waals surface area (Å²) in [4.78, 5) is 28.5. The molecule has 3 rings (SSSR count). The van der Waals surface area contributed by atoms with E-state index < -0.39 is 0 Å². The molecule has 0 radical (unpaired) electrons. The third-order valence-electron chi connectivity index (χ3n) is 4.65. The Hall–Kier alpha value is -2.08. The number of rotatable bonds is 4.